The van der Waals surface area contributed by atoms with Crippen LogP contribution in [0.25, 0.3) is 0 Å². The molecule has 0 aliphatic carbocycles. The Bertz CT molecular complexity index is 962. The summed E-state index contributed by atoms with van der Waals surface area (Å²) in [5.41, 5.74) is 1.11. The number of thiophene rings is 2. The first-order chi connectivity index (χ1) is 14.9. The third kappa shape index (κ3) is 4.81. The van der Waals surface area contributed by atoms with Gasteiger partial charge in [0.05, 0.1) is 32.3 Å². The molecule has 2 aromatic heterocycles. The lowest BCUT2D eigenvalue weighted by molar-refractivity contribution is 0.0693. The van der Waals surface area contributed by atoms with Crippen molar-refractivity contribution >= 4 is 46.1 Å². The summed E-state index contributed by atoms with van der Waals surface area (Å²) in [6.45, 7) is 2.59. The second-order valence-electron chi connectivity index (χ2n) is 7.89. The Morgan fingerprint density at radius 3 is 2.61 bits per heavy atom. The maximum Gasteiger partial charge on any atom is 0.264 e. The van der Waals surface area contributed by atoms with Crippen molar-refractivity contribution in [1.29, 1.82) is 0 Å². The summed E-state index contributed by atoms with van der Waals surface area (Å²) in [7, 11) is 5.40. The summed E-state index contributed by atoms with van der Waals surface area (Å²) in [6.07, 6.45) is 0.614. The Balaban J connectivity index is 1.47. The number of carbonyl (C=O) groups is 2. The molecular formula is C21H26ClN3O4S2. The van der Waals surface area contributed by atoms with Gasteiger partial charge in [-0.05, 0) is 37.2 Å². The molecule has 1 fully saturated rings. The van der Waals surface area contributed by atoms with Crippen LogP contribution in [-0.2, 0) is 15.9 Å². The van der Waals surface area contributed by atoms with Gasteiger partial charge in [-0.25, -0.2) is 0 Å². The largest absolute Gasteiger partial charge is 0.377 e. The quantitative estimate of drug-likeness (QED) is 0.708. The van der Waals surface area contributed by atoms with Crippen LogP contribution in [0.1, 0.15) is 35.9 Å². The van der Waals surface area contributed by atoms with E-state index in [1.54, 1.807) is 42.6 Å². The molecule has 10 heteroatoms. The summed E-state index contributed by atoms with van der Waals surface area (Å²) in [4.78, 5) is 32.3. The number of likely N-dealkylation sites (tertiary alicyclic amines) is 1. The molecule has 0 spiro atoms. The van der Waals surface area contributed by atoms with Crippen LogP contribution in [0.5, 0.6) is 0 Å². The van der Waals surface area contributed by atoms with Crippen molar-refractivity contribution in [3.63, 3.8) is 0 Å². The van der Waals surface area contributed by atoms with Crippen molar-refractivity contribution in [2.24, 2.45) is 0 Å². The molecule has 0 bridgehead atoms. The lowest BCUT2D eigenvalue weighted by atomic mass is 10.1. The fraction of sp³-hybridized carbons (Fsp3) is 0.524. The molecular weight excluding hydrogens is 458 g/mol. The second kappa shape index (κ2) is 9.56. The van der Waals surface area contributed by atoms with Crippen molar-refractivity contribution in [3.05, 3.63) is 42.7 Å². The van der Waals surface area contributed by atoms with Gasteiger partial charge in [-0.15, -0.1) is 22.7 Å². The topological polar surface area (TPSA) is 71.1 Å². The molecule has 31 heavy (non-hydrogen) atoms. The van der Waals surface area contributed by atoms with E-state index in [2.05, 4.69) is 17.3 Å². The zero-order valence-electron chi connectivity index (χ0n) is 17.7. The smallest absolute Gasteiger partial charge is 0.264 e. The summed E-state index contributed by atoms with van der Waals surface area (Å²) < 4.78 is 11.8. The fourth-order valence-electron chi connectivity index (χ4n) is 4.13. The molecule has 2 amide bonds. The third-order valence-corrected chi connectivity index (χ3v) is 8.28. The van der Waals surface area contributed by atoms with Crippen LogP contribution in [-0.4, -0.2) is 81.2 Å². The molecule has 0 aromatic carbocycles. The first kappa shape index (κ1) is 22.7. The van der Waals surface area contributed by atoms with Crippen LogP contribution >= 0.6 is 34.3 Å². The second-order valence-corrected chi connectivity index (χ2v) is 10.7. The predicted octanol–water partition coefficient (Wildman–Crippen LogP) is 2.91. The van der Waals surface area contributed by atoms with Crippen molar-refractivity contribution < 1.29 is 19.1 Å². The molecule has 2 aliphatic heterocycles. The summed E-state index contributed by atoms with van der Waals surface area (Å²) in [5.74, 6) is -0.229. The molecule has 2 aromatic rings. The van der Waals surface area contributed by atoms with Crippen LogP contribution in [0.4, 0.5) is 0 Å². The molecule has 2 unspecified atom stereocenters. The van der Waals surface area contributed by atoms with Gasteiger partial charge in [-0.3, -0.25) is 9.59 Å². The van der Waals surface area contributed by atoms with Gasteiger partial charge in [-0.1, -0.05) is 11.6 Å². The van der Waals surface area contributed by atoms with Gasteiger partial charge in [0.25, 0.3) is 11.8 Å². The molecule has 3 atom stereocenters. The SMILES string of the molecule is COC1CN(C)CCc2sc(C(=O)N3CC(OC)[C@H](NC(=O)c4ccc(Cl)s4)C3)cc21. The molecule has 1 N–H and O–H groups in total. The number of halogens is 1. The van der Waals surface area contributed by atoms with Crippen molar-refractivity contribution in [1.82, 2.24) is 15.1 Å². The highest BCUT2D eigenvalue weighted by atomic mass is 35.5. The number of nitrogens with zero attached hydrogens (tertiary/aromatic N) is 2. The van der Waals surface area contributed by atoms with Crippen molar-refractivity contribution in [2.45, 2.75) is 24.7 Å². The van der Waals surface area contributed by atoms with Crippen molar-refractivity contribution in [3.8, 4) is 0 Å². The highest BCUT2D eigenvalue weighted by Crippen LogP contribution is 2.34. The number of hydrogen-bond donors (Lipinski definition) is 1. The van der Waals surface area contributed by atoms with E-state index in [1.165, 1.54) is 16.2 Å². The normalized spacial score (nSPS) is 24.1. The molecule has 7 nitrogen and oxygen atoms in total. The van der Waals surface area contributed by atoms with E-state index in [1.807, 2.05) is 6.07 Å². The monoisotopic (exact) mass is 483 g/mol. The highest BCUT2D eigenvalue weighted by molar-refractivity contribution is 7.18. The Morgan fingerprint density at radius 1 is 1.13 bits per heavy atom. The molecule has 4 heterocycles. The zero-order valence-corrected chi connectivity index (χ0v) is 20.1. The minimum atomic E-state index is -0.277. The minimum absolute atomic E-state index is 0.0285. The van der Waals surface area contributed by atoms with E-state index in [0.717, 1.165) is 25.1 Å². The van der Waals surface area contributed by atoms with Gasteiger partial charge in [0.1, 0.15) is 0 Å². The Hall–Kier alpha value is -1.49. The third-order valence-electron chi connectivity index (χ3n) is 5.85. The number of hydrogen-bond acceptors (Lipinski definition) is 7. The van der Waals surface area contributed by atoms with Crippen LogP contribution in [0.15, 0.2) is 18.2 Å². The average molecular weight is 484 g/mol. The average Bonchev–Trinajstić information content (AvgIpc) is 3.46. The van der Waals surface area contributed by atoms with Gasteiger partial charge >= 0.3 is 0 Å². The van der Waals surface area contributed by atoms with Gasteiger partial charge < -0.3 is 24.6 Å². The van der Waals surface area contributed by atoms with Crippen LogP contribution in [0, 0.1) is 0 Å². The molecule has 0 radical (unpaired) electrons. The lowest BCUT2D eigenvalue weighted by Gasteiger charge is -2.19. The lowest BCUT2D eigenvalue weighted by Crippen LogP contribution is -2.43. The Labute approximate surface area is 194 Å². The zero-order chi connectivity index (χ0) is 22.1. The van der Waals surface area contributed by atoms with E-state index in [-0.39, 0.29) is 30.1 Å². The van der Waals surface area contributed by atoms with Crippen molar-refractivity contribution in [2.75, 3.05) is 47.4 Å². The van der Waals surface area contributed by atoms with Gasteiger partial charge in [0, 0.05) is 45.3 Å². The minimum Gasteiger partial charge on any atom is -0.377 e. The van der Waals surface area contributed by atoms with Gasteiger partial charge in [0.2, 0.25) is 0 Å². The van der Waals surface area contributed by atoms with Gasteiger partial charge in [0.15, 0.2) is 0 Å². The van der Waals surface area contributed by atoms with E-state index in [0.29, 0.717) is 27.2 Å². The van der Waals surface area contributed by atoms with E-state index in [4.69, 9.17) is 21.1 Å². The first-order valence-electron chi connectivity index (χ1n) is 10.1. The standard InChI is InChI=1S/C21H26ClN3O4S2/c1-24-7-6-16-12(14(10-24)28-2)8-18(30-16)21(27)25-9-13(15(11-25)29-3)23-20(26)17-4-5-19(22)31-17/h4-5,8,13-15H,6-7,9-11H2,1-3H3,(H,23,26)/t13-,14?,15?/m1/s1. The maximum absolute atomic E-state index is 13.3. The Morgan fingerprint density at radius 2 is 1.94 bits per heavy atom. The summed E-state index contributed by atoms with van der Waals surface area (Å²) in [6, 6.07) is 5.10. The van der Waals surface area contributed by atoms with Crippen LogP contribution in [0.3, 0.4) is 0 Å². The van der Waals surface area contributed by atoms with E-state index < -0.39 is 0 Å². The summed E-state index contributed by atoms with van der Waals surface area (Å²) >= 11 is 8.72. The fourth-order valence-corrected chi connectivity index (χ4v) is 6.25. The number of methoxy groups -OCH3 is 2. The Kier molecular flexibility index (Phi) is 7.00. The number of amides is 2. The number of fused-ring (bicyclic) bond motifs is 1. The molecule has 1 saturated heterocycles. The molecule has 168 valence electrons. The van der Waals surface area contributed by atoms with Crippen LogP contribution in [0.2, 0.25) is 4.34 Å². The first-order valence-corrected chi connectivity index (χ1v) is 12.1. The number of likely N-dealkylation sites (N-methyl/N-ethyl adjacent to an activating group) is 1. The number of rotatable bonds is 5. The summed E-state index contributed by atoms with van der Waals surface area (Å²) in [5, 5.41) is 3.00. The van der Waals surface area contributed by atoms with E-state index >= 15 is 0 Å². The molecule has 0 saturated carbocycles. The van der Waals surface area contributed by atoms with Gasteiger partial charge in [-0.2, -0.15) is 0 Å². The maximum atomic E-state index is 13.3. The molecule has 4 rings (SSSR count). The van der Waals surface area contributed by atoms with E-state index in [9.17, 15) is 9.59 Å². The van der Waals surface area contributed by atoms with Crippen LogP contribution < -0.4 is 5.32 Å². The number of carbonyl (C=O) groups excluding carboxylic acids is 2. The predicted molar refractivity (Wildman–Crippen MR) is 123 cm³/mol. The number of nitrogens with one attached hydrogen (secondary N) is 1. The highest BCUT2D eigenvalue weighted by Gasteiger charge is 2.38. The molecule has 2 aliphatic rings. The number of ether oxygens (including phenoxy) is 2.